The van der Waals surface area contributed by atoms with Crippen molar-refractivity contribution in [1.82, 2.24) is 5.32 Å². The van der Waals surface area contributed by atoms with Crippen LogP contribution in [0.25, 0.3) is 0 Å². The number of rotatable bonds is 3. The predicted octanol–water partition coefficient (Wildman–Crippen LogP) is 1.33. The lowest BCUT2D eigenvalue weighted by Gasteiger charge is -2.57. The topological polar surface area (TPSA) is 38.3 Å². The Kier molecular flexibility index (Phi) is 2.30. The summed E-state index contributed by atoms with van der Waals surface area (Å²) >= 11 is 0. The van der Waals surface area contributed by atoms with E-state index in [0.29, 0.717) is 5.92 Å². The molecule has 1 saturated carbocycles. The second-order valence-corrected chi connectivity index (χ2v) is 4.91. The first-order valence-electron chi connectivity index (χ1n) is 5.45. The van der Waals surface area contributed by atoms with E-state index in [4.69, 9.17) is 4.74 Å². The average Bonchev–Trinajstić information content (AvgIpc) is 2.00. The van der Waals surface area contributed by atoms with Crippen LogP contribution in [0.2, 0.25) is 0 Å². The molecular weight excluding hydrogens is 178 g/mol. The molecule has 0 bridgehead atoms. The molecule has 0 aromatic rings. The van der Waals surface area contributed by atoms with E-state index in [-0.39, 0.29) is 23.5 Å². The normalized spacial score (nSPS) is 30.9. The molecule has 2 unspecified atom stereocenters. The van der Waals surface area contributed by atoms with Gasteiger partial charge in [0.1, 0.15) is 0 Å². The highest BCUT2D eigenvalue weighted by Gasteiger charge is 2.61. The maximum absolute atomic E-state index is 11.5. The van der Waals surface area contributed by atoms with Gasteiger partial charge in [-0.2, -0.15) is 0 Å². The van der Waals surface area contributed by atoms with Gasteiger partial charge in [0, 0.05) is 7.11 Å². The van der Waals surface area contributed by atoms with Gasteiger partial charge in [-0.3, -0.25) is 4.79 Å². The van der Waals surface area contributed by atoms with Crippen LogP contribution in [0.4, 0.5) is 0 Å². The lowest BCUT2D eigenvalue weighted by molar-refractivity contribution is -0.166. The highest BCUT2D eigenvalue weighted by Crippen LogP contribution is 2.51. The zero-order chi connectivity index (χ0) is 10.3. The summed E-state index contributed by atoms with van der Waals surface area (Å²) < 4.78 is 5.48. The van der Waals surface area contributed by atoms with E-state index in [1.54, 1.807) is 7.11 Å². The number of nitrogens with one attached hydrogen (secondary N) is 1. The SMILES string of the molecule is COC(C(C)C)C1NC(=O)C12CCC2. The Labute approximate surface area is 85.2 Å². The van der Waals surface area contributed by atoms with Crippen molar-refractivity contribution in [2.24, 2.45) is 11.3 Å². The van der Waals surface area contributed by atoms with Gasteiger partial charge >= 0.3 is 0 Å². The third-order valence-corrected chi connectivity index (χ3v) is 3.84. The monoisotopic (exact) mass is 197 g/mol. The van der Waals surface area contributed by atoms with Crippen molar-refractivity contribution in [2.45, 2.75) is 45.3 Å². The molecule has 1 heterocycles. The summed E-state index contributed by atoms with van der Waals surface area (Å²) in [6.45, 7) is 4.29. The van der Waals surface area contributed by atoms with Crippen LogP contribution in [0.15, 0.2) is 0 Å². The number of hydrogen-bond acceptors (Lipinski definition) is 2. The molecule has 0 radical (unpaired) electrons. The number of amides is 1. The van der Waals surface area contributed by atoms with Crippen molar-refractivity contribution in [3.63, 3.8) is 0 Å². The van der Waals surface area contributed by atoms with Crippen molar-refractivity contribution in [3.05, 3.63) is 0 Å². The third kappa shape index (κ3) is 1.11. The first-order chi connectivity index (χ1) is 6.62. The van der Waals surface area contributed by atoms with Gasteiger partial charge in [0.15, 0.2) is 0 Å². The zero-order valence-electron chi connectivity index (χ0n) is 9.17. The van der Waals surface area contributed by atoms with E-state index in [1.165, 1.54) is 6.42 Å². The van der Waals surface area contributed by atoms with E-state index in [0.717, 1.165) is 12.8 Å². The maximum atomic E-state index is 11.5. The highest BCUT2D eigenvalue weighted by molar-refractivity contribution is 5.91. The Balaban J connectivity index is 2.08. The Morgan fingerprint density at radius 3 is 2.43 bits per heavy atom. The number of ether oxygens (including phenoxy) is 1. The van der Waals surface area contributed by atoms with Gasteiger partial charge in [0.05, 0.1) is 17.6 Å². The molecule has 0 aromatic heterocycles. The molecular formula is C11H19NO2. The number of hydrogen-bond donors (Lipinski definition) is 1. The van der Waals surface area contributed by atoms with Crippen LogP contribution in [0.5, 0.6) is 0 Å². The van der Waals surface area contributed by atoms with Crippen molar-refractivity contribution < 1.29 is 9.53 Å². The Morgan fingerprint density at radius 2 is 2.14 bits per heavy atom. The summed E-state index contributed by atoms with van der Waals surface area (Å²) in [5, 5.41) is 3.00. The molecule has 14 heavy (non-hydrogen) atoms. The fourth-order valence-corrected chi connectivity index (χ4v) is 2.77. The van der Waals surface area contributed by atoms with E-state index < -0.39 is 0 Å². The molecule has 2 fully saturated rings. The largest absolute Gasteiger partial charge is 0.379 e. The Hall–Kier alpha value is -0.570. The van der Waals surface area contributed by atoms with Crippen molar-refractivity contribution in [3.8, 4) is 0 Å². The van der Waals surface area contributed by atoms with Crippen molar-refractivity contribution in [2.75, 3.05) is 7.11 Å². The van der Waals surface area contributed by atoms with E-state index in [2.05, 4.69) is 19.2 Å². The summed E-state index contributed by atoms with van der Waals surface area (Å²) in [6, 6.07) is 0.258. The van der Waals surface area contributed by atoms with Gasteiger partial charge in [-0.1, -0.05) is 20.3 Å². The molecule has 3 nitrogen and oxygen atoms in total. The minimum absolute atomic E-state index is 0.0506. The van der Waals surface area contributed by atoms with Crippen LogP contribution in [0, 0.1) is 11.3 Å². The number of β-lactam (4-membered cyclic amide) rings is 1. The van der Waals surface area contributed by atoms with Crippen LogP contribution < -0.4 is 5.32 Å². The standard InChI is InChI=1S/C11H19NO2/c1-7(2)8(14-3)9-11(5-4-6-11)10(13)12-9/h7-9H,4-6H2,1-3H3,(H,12,13). The number of methoxy groups -OCH3 is 1. The van der Waals surface area contributed by atoms with Gasteiger partial charge in [-0.15, -0.1) is 0 Å². The molecule has 1 aliphatic carbocycles. The predicted molar refractivity (Wildman–Crippen MR) is 53.8 cm³/mol. The lowest BCUT2D eigenvalue weighted by atomic mass is 9.56. The Bertz CT molecular complexity index is 246. The molecule has 1 saturated heterocycles. The molecule has 1 amide bonds. The fourth-order valence-electron chi connectivity index (χ4n) is 2.77. The van der Waals surface area contributed by atoms with Gasteiger partial charge < -0.3 is 10.1 Å². The minimum atomic E-state index is -0.0506. The molecule has 2 atom stereocenters. The molecule has 3 heteroatoms. The molecule has 2 aliphatic rings. The zero-order valence-corrected chi connectivity index (χ0v) is 9.17. The Morgan fingerprint density at radius 1 is 1.50 bits per heavy atom. The quantitative estimate of drug-likeness (QED) is 0.693. The number of carbonyl (C=O) groups excluding carboxylic acids is 1. The third-order valence-electron chi connectivity index (χ3n) is 3.84. The first-order valence-corrected chi connectivity index (χ1v) is 5.45. The van der Waals surface area contributed by atoms with Gasteiger partial charge in [-0.05, 0) is 18.8 Å². The molecule has 80 valence electrons. The average molecular weight is 197 g/mol. The summed E-state index contributed by atoms with van der Waals surface area (Å²) in [5.41, 5.74) is -0.0506. The van der Waals surface area contributed by atoms with Crippen LogP contribution in [0.1, 0.15) is 33.1 Å². The van der Waals surface area contributed by atoms with Crippen LogP contribution >= 0.6 is 0 Å². The molecule has 1 spiro atoms. The lowest BCUT2D eigenvalue weighted by Crippen LogP contribution is -2.74. The van der Waals surface area contributed by atoms with Crippen molar-refractivity contribution >= 4 is 5.91 Å². The van der Waals surface area contributed by atoms with Crippen molar-refractivity contribution in [1.29, 1.82) is 0 Å². The fraction of sp³-hybridized carbons (Fsp3) is 0.909. The molecule has 0 aromatic carbocycles. The van der Waals surface area contributed by atoms with E-state index in [9.17, 15) is 4.79 Å². The van der Waals surface area contributed by atoms with Gasteiger partial charge in [-0.25, -0.2) is 0 Å². The minimum Gasteiger partial charge on any atom is -0.379 e. The second-order valence-electron chi connectivity index (χ2n) is 4.91. The van der Waals surface area contributed by atoms with Gasteiger partial charge in [0.2, 0.25) is 5.91 Å². The first kappa shape index (κ1) is 9.97. The molecule has 2 rings (SSSR count). The summed E-state index contributed by atoms with van der Waals surface area (Å²) in [4.78, 5) is 11.5. The van der Waals surface area contributed by atoms with Crippen LogP contribution in [-0.4, -0.2) is 25.2 Å². The maximum Gasteiger partial charge on any atom is 0.228 e. The van der Waals surface area contributed by atoms with Crippen LogP contribution in [-0.2, 0) is 9.53 Å². The highest BCUT2D eigenvalue weighted by atomic mass is 16.5. The number of carbonyl (C=O) groups is 1. The van der Waals surface area contributed by atoms with Crippen LogP contribution in [0.3, 0.4) is 0 Å². The molecule has 1 aliphatic heterocycles. The summed E-state index contributed by atoms with van der Waals surface area (Å²) in [5.74, 6) is 0.708. The van der Waals surface area contributed by atoms with E-state index in [1.807, 2.05) is 0 Å². The summed E-state index contributed by atoms with van der Waals surface area (Å²) in [6.07, 6.45) is 3.47. The smallest absolute Gasteiger partial charge is 0.228 e. The summed E-state index contributed by atoms with van der Waals surface area (Å²) in [7, 11) is 1.74. The second kappa shape index (κ2) is 3.23. The molecule has 1 N–H and O–H groups in total. The van der Waals surface area contributed by atoms with Gasteiger partial charge in [0.25, 0.3) is 0 Å². The van der Waals surface area contributed by atoms with E-state index >= 15 is 0 Å².